The predicted octanol–water partition coefficient (Wildman–Crippen LogP) is 4.50. The van der Waals surface area contributed by atoms with Crippen molar-refractivity contribution >= 4 is 16.9 Å². The van der Waals surface area contributed by atoms with Crippen LogP contribution in [0, 0.1) is 18.3 Å². The van der Waals surface area contributed by atoms with E-state index in [1.807, 2.05) is 13.0 Å². The third-order valence-corrected chi connectivity index (χ3v) is 5.34. The molecule has 0 radical (unpaired) electrons. The van der Waals surface area contributed by atoms with E-state index in [2.05, 4.69) is 24.5 Å². The maximum absolute atomic E-state index is 11.4. The lowest BCUT2D eigenvalue weighted by Gasteiger charge is -2.25. The Kier molecular flexibility index (Phi) is 6.25. The molecule has 28 heavy (non-hydrogen) atoms. The van der Waals surface area contributed by atoms with E-state index in [0.29, 0.717) is 25.2 Å². The van der Waals surface area contributed by atoms with Crippen molar-refractivity contribution < 1.29 is 19.4 Å². The van der Waals surface area contributed by atoms with Crippen molar-refractivity contribution in [2.45, 2.75) is 65.5 Å². The molecule has 6 heteroatoms. The van der Waals surface area contributed by atoms with Gasteiger partial charge in [-0.1, -0.05) is 20.3 Å². The summed E-state index contributed by atoms with van der Waals surface area (Å²) in [4.78, 5) is 11.4. The summed E-state index contributed by atoms with van der Waals surface area (Å²) in [5, 5.41) is 20.1. The summed E-state index contributed by atoms with van der Waals surface area (Å²) in [6, 6.07) is 4.18. The maximum Gasteiger partial charge on any atom is 0.306 e. The van der Waals surface area contributed by atoms with E-state index in [1.54, 1.807) is 0 Å². The minimum atomic E-state index is -0.882. The third-order valence-electron chi connectivity index (χ3n) is 5.34. The lowest BCUT2D eigenvalue weighted by Crippen LogP contribution is -2.21. The Morgan fingerprint density at radius 3 is 2.86 bits per heavy atom. The van der Waals surface area contributed by atoms with Gasteiger partial charge in [0.25, 0.3) is 0 Å². The van der Waals surface area contributed by atoms with Crippen molar-refractivity contribution in [1.82, 2.24) is 4.57 Å². The number of aryl methyl sites for hydroxylation is 2. The normalized spacial score (nSPS) is 16.0. The van der Waals surface area contributed by atoms with Gasteiger partial charge < -0.3 is 19.1 Å². The van der Waals surface area contributed by atoms with Crippen LogP contribution >= 0.6 is 0 Å². The van der Waals surface area contributed by atoms with Gasteiger partial charge in [-0.3, -0.25) is 4.79 Å². The van der Waals surface area contributed by atoms with Crippen molar-refractivity contribution in [2.24, 2.45) is 0 Å². The van der Waals surface area contributed by atoms with Gasteiger partial charge in [-0.2, -0.15) is 5.26 Å². The molecule has 1 aliphatic heterocycles. The van der Waals surface area contributed by atoms with Crippen molar-refractivity contribution in [2.75, 3.05) is 13.2 Å². The first kappa shape index (κ1) is 20.2. The first-order valence-corrected chi connectivity index (χ1v) is 10.1. The van der Waals surface area contributed by atoms with E-state index in [0.717, 1.165) is 59.3 Å². The fraction of sp³-hybridized carbons (Fsp3) is 0.545. The fourth-order valence-electron chi connectivity index (χ4n) is 4.14. The zero-order valence-electron chi connectivity index (χ0n) is 16.9. The summed E-state index contributed by atoms with van der Waals surface area (Å²) in [6.07, 6.45) is 3.02. The molecule has 0 amide bonds. The number of carbonyl (C=O) groups is 1. The first-order chi connectivity index (χ1) is 13.5. The molecule has 0 bridgehead atoms. The molecule has 6 nitrogen and oxygen atoms in total. The number of ether oxygens (including phenoxy) is 2. The fourth-order valence-corrected chi connectivity index (χ4v) is 4.14. The van der Waals surface area contributed by atoms with Crippen LogP contribution in [0.25, 0.3) is 10.9 Å². The first-order valence-electron chi connectivity index (χ1n) is 10.1. The summed E-state index contributed by atoms with van der Waals surface area (Å²) in [7, 11) is 0. The largest absolute Gasteiger partial charge is 0.493 e. The average molecular weight is 384 g/mol. The molecule has 0 saturated carbocycles. The molecule has 2 heterocycles. The zero-order valence-corrected chi connectivity index (χ0v) is 16.9. The minimum absolute atomic E-state index is 0.0756. The van der Waals surface area contributed by atoms with Gasteiger partial charge in [0.1, 0.15) is 11.9 Å². The summed E-state index contributed by atoms with van der Waals surface area (Å²) in [5.74, 6) is -0.146. The topological polar surface area (TPSA) is 84.5 Å². The summed E-state index contributed by atoms with van der Waals surface area (Å²) in [6.45, 7) is 8.06. The van der Waals surface area contributed by atoms with Gasteiger partial charge in [0, 0.05) is 17.5 Å². The van der Waals surface area contributed by atoms with E-state index in [9.17, 15) is 15.2 Å². The van der Waals surface area contributed by atoms with E-state index < -0.39 is 12.1 Å². The molecule has 1 atom stereocenters. The van der Waals surface area contributed by atoms with Gasteiger partial charge in [0.15, 0.2) is 0 Å². The number of benzene rings is 1. The second kappa shape index (κ2) is 8.66. The van der Waals surface area contributed by atoms with E-state index in [1.165, 1.54) is 0 Å². The lowest BCUT2D eigenvalue weighted by molar-refractivity contribution is -0.140. The molecule has 0 saturated heterocycles. The molecule has 1 aromatic carbocycles. The summed E-state index contributed by atoms with van der Waals surface area (Å²) < 4.78 is 14.0. The number of fused-ring (bicyclic) bond motifs is 3. The molecule has 2 aromatic rings. The van der Waals surface area contributed by atoms with E-state index >= 15 is 0 Å². The van der Waals surface area contributed by atoms with Gasteiger partial charge in [0.2, 0.25) is 0 Å². The average Bonchev–Trinajstić information content (AvgIpc) is 3.00. The third kappa shape index (κ3) is 3.59. The number of carboxylic acid groups (broad SMARTS) is 1. The van der Waals surface area contributed by atoms with Crippen LogP contribution in [0.15, 0.2) is 6.07 Å². The number of rotatable bonds is 8. The lowest BCUT2D eigenvalue weighted by atomic mass is 9.96. The minimum Gasteiger partial charge on any atom is -0.493 e. The Labute approximate surface area is 165 Å². The Hall–Kier alpha value is -2.52. The number of nitriles is 1. The van der Waals surface area contributed by atoms with Crippen molar-refractivity contribution in [3.63, 3.8) is 0 Å². The van der Waals surface area contributed by atoms with E-state index in [4.69, 9.17) is 9.47 Å². The Bertz CT molecular complexity index is 923. The van der Waals surface area contributed by atoms with Crippen LogP contribution in [0.1, 0.15) is 68.0 Å². The molecule has 0 spiro atoms. The van der Waals surface area contributed by atoms with Crippen LogP contribution in [-0.4, -0.2) is 28.9 Å². The molecule has 3 rings (SSSR count). The van der Waals surface area contributed by atoms with Crippen LogP contribution in [0.4, 0.5) is 0 Å². The molecule has 150 valence electrons. The smallest absolute Gasteiger partial charge is 0.306 e. The zero-order chi connectivity index (χ0) is 20.3. The van der Waals surface area contributed by atoms with Gasteiger partial charge in [-0.15, -0.1) is 0 Å². The number of aromatic nitrogens is 1. The Morgan fingerprint density at radius 2 is 2.21 bits per heavy atom. The number of unbranched alkanes of at least 4 members (excludes halogenated alkanes) is 1. The van der Waals surface area contributed by atoms with E-state index in [-0.39, 0.29) is 6.42 Å². The highest BCUT2D eigenvalue weighted by Crippen LogP contribution is 2.42. The van der Waals surface area contributed by atoms with Crippen molar-refractivity contribution in [1.29, 1.82) is 5.26 Å². The Morgan fingerprint density at radius 1 is 1.43 bits per heavy atom. The number of carboxylic acids is 1. The monoisotopic (exact) mass is 384 g/mol. The van der Waals surface area contributed by atoms with Crippen molar-refractivity contribution in [3.05, 3.63) is 28.5 Å². The maximum atomic E-state index is 11.4. The highest BCUT2D eigenvalue weighted by Gasteiger charge is 2.32. The number of hydrogen-bond donors (Lipinski definition) is 1. The number of nitrogens with zero attached hydrogens (tertiary/aromatic N) is 2. The molecule has 1 unspecified atom stereocenters. The van der Waals surface area contributed by atoms with Gasteiger partial charge in [-0.25, -0.2) is 0 Å². The molecule has 0 aliphatic carbocycles. The summed E-state index contributed by atoms with van der Waals surface area (Å²) in [5.41, 5.74) is 4.55. The molecule has 0 fully saturated rings. The number of aliphatic carboxylic acids is 1. The van der Waals surface area contributed by atoms with Gasteiger partial charge >= 0.3 is 5.97 Å². The summed E-state index contributed by atoms with van der Waals surface area (Å²) >= 11 is 0. The van der Waals surface area contributed by atoms with Crippen molar-refractivity contribution in [3.8, 4) is 11.8 Å². The second-order valence-corrected chi connectivity index (χ2v) is 7.31. The molecule has 1 aromatic heterocycles. The second-order valence-electron chi connectivity index (χ2n) is 7.31. The van der Waals surface area contributed by atoms with Crippen LogP contribution in [-0.2, 0) is 22.5 Å². The predicted molar refractivity (Wildman–Crippen MR) is 107 cm³/mol. The highest BCUT2D eigenvalue weighted by atomic mass is 16.5. The highest BCUT2D eigenvalue weighted by molar-refractivity contribution is 5.95. The quantitative estimate of drug-likeness (QED) is 0.678. The number of hydrogen-bond acceptors (Lipinski definition) is 4. The van der Waals surface area contributed by atoms with Crippen LogP contribution in [0.5, 0.6) is 5.75 Å². The molecule has 1 aliphatic rings. The van der Waals surface area contributed by atoms with Gasteiger partial charge in [-0.05, 0) is 37.8 Å². The van der Waals surface area contributed by atoms with Crippen LogP contribution < -0.4 is 4.74 Å². The standard InChI is InChI=1S/C22H28N2O4/c1-4-6-9-27-17-11-15(13-23)20-16-7-10-28-18(12-19(25)26)22(16)24(8-5-2)21(20)14(17)3/h11,18H,4-10,12H2,1-3H3,(H,25,26). The van der Waals surface area contributed by atoms with Gasteiger partial charge in [0.05, 0.1) is 42.5 Å². The Balaban J connectivity index is 2.27. The SMILES string of the molecule is CCCCOc1cc(C#N)c2c3c(n(CCC)c2c1C)C(CC(=O)O)OCC3. The molecule has 1 N–H and O–H groups in total. The van der Waals surface area contributed by atoms with Crippen LogP contribution in [0.2, 0.25) is 0 Å². The molecular weight excluding hydrogens is 356 g/mol. The molecular formula is C22H28N2O4. The van der Waals surface area contributed by atoms with Crippen LogP contribution in [0.3, 0.4) is 0 Å².